The van der Waals surface area contributed by atoms with Gasteiger partial charge in [0.25, 0.3) is 0 Å². The summed E-state index contributed by atoms with van der Waals surface area (Å²) in [6.45, 7) is 4.29. The van der Waals surface area contributed by atoms with E-state index in [-0.39, 0.29) is 5.82 Å². The first kappa shape index (κ1) is 21.2. The summed E-state index contributed by atoms with van der Waals surface area (Å²) < 4.78 is 13.5. The van der Waals surface area contributed by atoms with E-state index in [1.54, 1.807) is 6.07 Å². The highest BCUT2D eigenvalue weighted by atomic mass is 19.1. The van der Waals surface area contributed by atoms with Crippen molar-refractivity contribution in [3.63, 3.8) is 0 Å². The number of Topliss-reactive ketones (excluding diaryl/α,β-unsaturated/α-hetero) is 1. The lowest BCUT2D eigenvalue weighted by Gasteiger charge is -2.21. The molecule has 0 radical (unpaired) electrons. The maximum Gasteiger partial charge on any atom is 0.163 e. The molecule has 2 fully saturated rings. The molecule has 1 aliphatic carbocycles. The van der Waals surface area contributed by atoms with E-state index in [0.29, 0.717) is 35.9 Å². The van der Waals surface area contributed by atoms with Crippen molar-refractivity contribution < 1.29 is 9.18 Å². The van der Waals surface area contributed by atoms with Gasteiger partial charge in [-0.3, -0.25) is 4.79 Å². The SMILES string of the molecule is C[C@@H](CC1CC[C@H](c2ccc(C(=O)CC3CCNCC3)cc2)C1)c1cccc(F)c1. The van der Waals surface area contributed by atoms with Crippen LogP contribution in [0.4, 0.5) is 4.39 Å². The van der Waals surface area contributed by atoms with Crippen molar-refractivity contribution in [2.75, 3.05) is 13.1 Å². The van der Waals surface area contributed by atoms with Gasteiger partial charge in [0, 0.05) is 12.0 Å². The van der Waals surface area contributed by atoms with E-state index in [9.17, 15) is 9.18 Å². The fourth-order valence-electron chi connectivity index (χ4n) is 5.45. The van der Waals surface area contributed by atoms with E-state index in [1.165, 1.54) is 30.9 Å². The molecular weight excluding hydrogens is 373 g/mol. The molecule has 1 saturated carbocycles. The second kappa shape index (κ2) is 9.87. The molecule has 2 nitrogen and oxygen atoms in total. The van der Waals surface area contributed by atoms with Gasteiger partial charge in [-0.05, 0) is 98.5 Å². The minimum Gasteiger partial charge on any atom is -0.317 e. The smallest absolute Gasteiger partial charge is 0.163 e. The Labute approximate surface area is 180 Å². The number of piperidine rings is 1. The second-order valence-electron chi connectivity index (χ2n) is 9.51. The number of ketones is 1. The quantitative estimate of drug-likeness (QED) is 0.533. The average Bonchev–Trinajstić information content (AvgIpc) is 3.23. The third kappa shape index (κ3) is 5.37. The lowest BCUT2D eigenvalue weighted by molar-refractivity contribution is 0.0952. The van der Waals surface area contributed by atoms with Crippen molar-refractivity contribution in [3.05, 3.63) is 71.0 Å². The summed E-state index contributed by atoms with van der Waals surface area (Å²) in [5, 5.41) is 3.37. The third-order valence-electron chi connectivity index (χ3n) is 7.28. The lowest BCUT2D eigenvalue weighted by atomic mass is 9.87. The Bertz CT molecular complexity index is 840. The maximum absolute atomic E-state index is 13.5. The number of halogens is 1. The van der Waals surface area contributed by atoms with E-state index >= 15 is 0 Å². The van der Waals surface area contributed by atoms with Crippen LogP contribution in [0.25, 0.3) is 0 Å². The van der Waals surface area contributed by atoms with Gasteiger partial charge in [-0.15, -0.1) is 0 Å². The first-order valence-electron chi connectivity index (χ1n) is 11.7. The Morgan fingerprint density at radius 2 is 1.80 bits per heavy atom. The summed E-state index contributed by atoms with van der Waals surface area (Å²) in [6.07, 6.45) is 7.67. The molecule has 3 heteroatoms. The first-order valence-corrected chi connectivity index (χ1v) is 11.7. The van der Waals surface area contributed by atoms with Crippen LogP contribution in [0.2, 0.25) is 0 Å². The monoisotopic (exact) mass is 407 g/mol. The number of carbonyl (C=O) groups excluding carboxylic acids is 1. The highest BCUT2D eigenvalue weighted by molar-refractivity contribution is 5.96. The fraction of sp³-hybridized carbons (Fsp3) is 0.519. The Hall–Kier alpha value is -2.00. The highest BCUT2D eigenvalue weighted by Gasteiger charge is 2.27. The van der Waals surface area contributed by atoms with Gasteiger partial charge >= 0.3 is 0 Å². The van der Waals surface area contributed by atoms with Crippen LogP contribution in [0, 0.1) is 17.7 Å². The van der Waals surface area contributed by atoms with Crippen LogP contribution in [0.1, 0.15) is 85.2 Å². The van der Waals surface area contributed by atoms with Crippen LogP contribution in [0.15, 0.2) is 48.5 Å². The predicted molar refractivity (Wildman–Crippen MR) is 120 cm³/mol. The largest absolute Gasteiger partial charge is 0.317 e. The highest BCUT2D eigenvalue weighted by Crippen LogP contribution is 2.42. The maximum atomic E-state index is 13.5. The van der Waals surface area contributed by atoms with Gasteiger partial charge in [0.05, 0.1) is 0 Å². The zero-order valence-corrected chi connectivity index (χ0v) is 18.1. The van der Waals surface area contributed by atoms with Gasteiger partial charge in [-0.1, -0.05) is 43.3 Å². The van der Waals surface area contributed by atoms with Crippen molar-refractivity contribution in [1.82, 2.24) is 5.32 Å². The van der Waals surface area contributed by atoms with Crippen LogP contribution in [0.3, 0.4) is 0 Å². The Morgan fingerprint density at radius 3 is 2.53 bits per heavy atom. The molecule has 0 amide bonds. The summed E-state index contributed by atoms with van der Waals surface area (Å²) in [7, 11) is 0. The minimum atomic E-state index is -0.140. The molecule has 1 unspecified atom stereocenters. The van der Waals surface area contributed by atoms with E-state index in [2.05, 4.69) is 24.4 Å². The van der Waals surface area contributed by atoms with Crippen LogP contribution in [-0.4, -0.2) is 18.9 Å². The zero-order valence-electron chi connectivity index (χ0n) is 18.1. The molecule has 2 aromatic carbocycles. The van der Waals surface area contributed by atoms with E-state index in [0.717, 1.165) is 43.5 Å². The zero-order chi connectivity index (χ0) is 20.9. The molecule has 0 bridgehead atoms. The Kier molecular flexibility index (Phi) is 6.99. The van der Waals surface area contributed by atoms with Crippen molar-refractivity contribution >= 4 is 5.78 Å². The number of carbonyl (C=O) groups is 1. The Balaban J connectivity index is 1.30. The summed E-state index contributed by atoms with van der Waals surface area (Å²) in [5.74, 6) is 2.35. The fourth-order valence-corrected chi connectivity index (χ4v) is 5.45. The first-order chi connectivity index (χ1) is 14.6. The molecule has 30 heavy (non-hydrogen) atoms. The molecule has 4 rings (SSSR count). The topological polar surface area (TPSA) is 29.1 Å². The molecule has 1 aliphatic heterocycles. The average molecular weight is 408 g/mol. The van der Waals surface area contributed by atoms with Gasteiger partial charge in [-0.25, -0.2) is 4.39 Å². The van der Waals surface area contributed by atoms with E-state index in [1.807, 2.05) is 24.3 Å². The summed E-state index contributed by atoms with van der Waals surface area (Å²) >= 11 is 0. The second-order valence-corrected chi connectivity index (χ2v) is 9.51. The van der Waals surface area contributed by atoms with Gasteiger partial charge < -0.3 is 5.32 Å². The number of nitrogens with one attached hydrogen (secondary N) is 1. The summed E-state index contributed by atoms with van der Waals surface area (Å²) in [6, 6.07) is 15.5. The molecular formula is C27H34FNO. The predicted octanol–water partition coefficient (Wildman–Crippen LogP) is 6.48. The third-order valence-corrected chi connectivity index (χ3v) is 7.28. The van der Waals surface area contributed by atoms with Crippen molar-refractivity contribution in [3.8, 4) is 0 Å². The van der Waals surface area contributed by atoms with Gasteiger partial charge in [-0.2, -0.15) is 0 Å². The van der Waals surface area contributed by atoms with Gasteiger partial charge in [0.2, 0.25) is 0 Å². The normalized spacial score (nSPS) is 23.4. The van der Waals surface area contributed by atoms with Crippen LogP contribution >= 0.6 is 0 Å². The number of hydrogen-bond acceptors (Lipinski definition) is 2. The van der Waals surface area contributed by atoms with E-state index < -0.39 is 0 Å². The number of rotatable bonds is 7. The van der Waals surface area contributed by atoms with Crippen molar-refractivity contribution in [2.45, 2.75) is 63.7 Å². The molecule has 0 spiro atoms. The lowest BCUT2D eigenvalue weighted by Crippen LogP contribution is -2.28. The van der Waals surface area contributed by atoms with Crippen LogP contribution in [-0.2, 0) is 0 Å². The van der Waals surface area contributed by atoms with Crippen molar-refractivity contribution in [2.24, 2.45) is 11.8 Å². The number of hydrogen-bond donors (Lipinski definition) is 1. The number of benzene rings is 2. The summed E-state index contributed by atoms with van der Waals surface area (Å²) in [4.78, 5) is 12.6. The molecule has 2 aliphatic rings. The molecule has 0 aromatic heterocycles. The molecule has 3 atom stereocenters. The van der Waals surface area contributed by atoms with Gasteiger partial charge in [0.1, 0.15) is 5.82 Å². The molecule has 1 N–H and O–H groups in total. The van der Waals surface area contributed by atoms with Crippen molar-refractivity contribution in [1.29, 1.82) is 0 Å². The Morgan fingerprint density at radius 1 is 1.03 bits per heavy atom. The van der Waals surface area contributed by atoms with Crippen LogP contribution < -0.4 is 5.32 Å². The molecule has 1 heterocycles. The molecule has 2 aromatic rings. The summed E-state index contributed by atoms with van der Waals surface area (Å²) in [5.41, 5.74) is 3.34. The minimum absolute atomic E-state index is 0.140. The van der Waals surface area contributed by atoms with Gasteiger partial charge in [0.15, 0.2) is 5.78 Å². The molecule has 160 valence electrons. The van der Waals surface area contributed by atoms with E-state index in [4.69, 9.17) is 0 Å². The molecule has 1 saturated heterocycles. The standard InChI is InChI=1S/C27H34FNO/c1-19(24-3-2-4-26(28)18-24)15-21-5-6-25(16-21)22-7-9-23(10-8-22)27(30)17-20-11-13-29-14-12-20/h2-4,7-10,18-21,25,29H,5-6,11-17H2,1H3/t19-,21?,25-/m0/s1. The van der Waals surface area contributed by atoms with Crippen LogP contribution in [0.5, 0.6) is 0 Å².